The number of likely N-dealkylation sites (tertiary alicyclic amines) is 1. The first-order chi connectivity index (χ1) is 14.1. The van der Waals surface area contributed by atoms with Crippen molar-refractivity contribution in [1.29, 1.82) is 5.26 Å². The molecule has 1 aromatic carbocycles. The van der Waals surface area contributed by atoms with E-state index in [4.69, 9.17) is 4.98 Å². The number of para-hydroxylation sites is 1. The lowest BCUT2D eigenvalue weighted by Crippen LogP contribution is -2.42. The number of nitriles is 1. The fourth-order valence-corrected chi connectivity index (χ4v) is 4.20. The van der Waals surface area contributed by atoms with Gasteiger partial charge in [0.05, 0.1) is 11.1 Å². The molecule has 5 nitrogen and oxygen atoms in total. The molecule has 1 fully saturated rings. The number of fused-ring (bicyclic) bond motifs is 1. The Hall–Kier alpha value is -3.26. The molecule has 1 aliphatic heterocycles. The van der Waals surface area contributed by atoms with Crippen molar-refractivity contribution in [2.24, 2.45) is 5.92 Å². The Morgan fingerprint density at radius 2 is 2.10 bits per heavy atom. The van der Waals surface area contributed by atoms with Gasteiger partial charge in [0, 0.05) is 48.9 Å². The first-order valence-electron chi connectivity index (χ1n) is 10.1. The molecular formula is C24H24N4O. The summed E-state index contributed by atoms with van der Waals surface area (Å²) in [6.07, 6.45) is 5.77. The van der Waals surface area contributed by atoms with Gasteiger partial charge in [0.15, 0.2) is 0 Å². The molecule has 2 atom stereocenters. The monoisotopic (exact) mass is 384 g/mol. The Labute approximate surface area is 171 Å². The van der Waals surface area contributed by atoms with Crippen LogP contribution in [0.2, 0.25) is 0 Å². The smallest absolute Gasteiger partial charge is 0.222 e. The number of hydrogen-bond donors (Lipinski definition) is 0. The molecule has 0 unspecified atom stereocenters. The molecule has 5 heteroatoms. The topological polar surface area (TPSA) is 69.9 Å². The van der Waals surface area contributed by atoms with Crippen molar-refractivity contribution < 1.29 is 4.79 Å². The summed E-state index contributed by atoms with van der Waals surface area (Å²) in [6.45, 7) is 3.66. The van der Waals surface area contributed by atoms with Crippen LogP contribution in [0, 0.1) is 17.2 Å². The van der Waals surface area contributed by atoms with Crippen LogP contribution in [0.15, 0.2) is 54.9 Å². The predicted octanol–water partition coefficient (Wildman–Crippen LogP) is 4.09. The number of aryl methyl sites for hydroxylation is 1. The highest BCUT2D eigenvalue weighted by atomic mass is 16.2. The molecule has 0 N–H and O–H groups in total. The lowest BCUT2D eigenvalue weighted by molar-refractivity contribution is -0.133. The van der Waals surface area contributed by atoms with Crippen LogP contribution in [0.5, 0.6) is 0 Å². The van der Waals surface area contributed by atoms with Gasteiger partial charge in [0.25, 0.3) is 0 Å². The summed E-state index contributed by atoms with van der Waals surface area (Å²) in [6, 6.07) is 15.9. The largest absolute Gasteiger partial charge is 0.342 e. The number of hydrogen-bond acceptors (Lipinski definition) is 4. The molecule has 4 rings (SSSR count). The number of aromatic nitrogens is 2. The lowest BCUT2D eigenvalue weighted by atomic mass is 9.87. The van der Waals surface area contributed by atoms with Crippen LogP contribution >= 0.6 is 0 Å². The summed E-state index contributed by atoms with van der Waals surface area (Å²) < 4.78 is 0. The van der Waals surface area contributed by atoms with E-state index in [9.17, 15) is 10.1 Å². The van der Waals surface area contributed by atoms with Crippen LogP contribution in [0.1, 0.15) is 42.5 Å². The predicted molar refractivity (Wildman–Crippen MR) is 112 cm³/mol. The minimum atomic E-state index is 0.184. The van der Waals surface area contributed by atoms with Crippen molar-refractivity contribution in [1.82, 2.24) is 14.9 Å². The number of carbonyl (C=O) groups is 1. The maximum absolute atomic E-state index is 12.8. The number of rotatable bonds is 4. The van der Waals surface area contributed by atoms with E-state index in [2.05, 4.69) is 18.0 Å². The molecule has 3 aromatic rings. The number of benzene rings is 1. The average Bonchev–Trinajstić information content (AvgIpc) is 2.77. The third-order valence-electron chi connectivity index (χ3n) is 5.64. The van der Waals surface area contributed by atoms with E-state index in [0.29, 0.717) is 30.9 Å². The molecule has 0 spiro atoms. The molecule has 0 bridgehead atoms. The van der Waals surface area contributed by atoms with Gasteiger partial charge in [-0.15, -0.1) is 0 Å². The zero-order chi connectivity index (χ0) is 20.2. The Morgan fingerprint density at radius 1 is 1.21 bits per heavy atom. The number of nitrogens with zero attached hydrogens (tertiary/aromatic N) is 4. The van der Waals surface area contributed by atoms with E-state index in [-0.39, 0.29) is 11.8 Å². The Bertz CT molecular complexity index is 1060. The minimum Gasteiger partial charge on any atom is -0.342 e. The average molecular weight is 384 g/mol. The van der Waals surface area contributed by atoms with Gasteiger partial charge in [0.1, 0.15) is 6.07 Å². The van der Waals surface area contributed by atoms with Crippen molar-refractivity contribution in [3.05, 3.63) is 71.7 Å². The third-order valence-corrected chi connectivity index (χ3v) is 5.64. The van der Waals surface area contributed by atoms with Gasteiger partial charge >= 0.3 is 0 Å². The highest BCUT2D eigenvalue weighted by Gasteiger charge is 2.29. The maximum Gasteiger partial charge on any atom is 0.222 e. The SMILES string of the molecule is C[C@@H]1C[C@H](c2ccc3cccc(C#N)c3n2)CN(C(=O)CCc2cccnc2)C1. The van der Waals surface area contributed by atoms with Crippen LogP contribution in [0.4, 0.5) is 0 Å². The van der Waals surface area contributed by atoms with Gasteiger partial charge in [0.2, 0.25) is 5.91 Å². The fourth-order valence-electron chi connectivity index (χ4n) is 4.20. The van der Waals surface area contributed by atoms with E-state index >= 15 is 0 Å². The molecular weight excluding hydrogens is 360 g/mol. The normalized spacial score (nSPS) is 19.1. The zero-order valence-corrected chi connectivity index (χ0v) is 16.6. The van der Waals surface area contributed by atoms with Crippen LogP contribution in [0.25, 0.3) is 10.9 Å². The van der Waals surface area contributed by atoms with Crippen molar-refractivity contribution in [2.45, 2.75) is 32.1 Å². The molecule has 0 aliphatic carbocycles. The van der Waals surface area contributed by atoms with E-state index in [1.807, 2.05) is 47.5 Å². The van der Waals surface area contributed by atoms with Crippen LogP contribution < -0.4 is 0 Å². The van der Waals surface area contributed by atoms with Gasteiger partial charge < -0.3 is 4.90 Å². The van der Waals surface area contributed by atoms with Crippen LogP contribution in [-0.4, -0.2) is 33.9 Å². The molecule has 1 saturated heterocycles. The highest BCUT2D eigenvalue weighted by molar-refractivity contribution is 5.84. The second-order valence-electron chi connectivity index (χ2n) is 7.92. The first-order valence-corrected chi connectivity index (χ1v) is 10.1. The molecule has 0 saturated carbocycles. The molecule has 3 heterocycles. The Morgan fingerprint density at radius 3 is 2.90 bits per heavy atom. The standard InChI is InChI=1S/C24H24N4O/c1-17-12-21(22-9-8-19-5-2-6-20(13-25)24(19)27-22)16-28(15-17)23(29)10-7-18-4-3-11-26-14-18/h2-6,8-9,11,14,17,21H,7,10,12,15-16H2,1H3/t17-,21+/m1/s1. The van der Waals surface area contributed by atoms with Crippen LogP contribution in [-0.2, 0) is 11.2 Å². The van der Waals surface area contributed by atoms with E-state index < -0.39 is 0 Å². The highest BCUT2D eigenvalue weighted by Crippen LogP contribution is 2.31. The summed E-state index contributed by atoms with van der Waals surface area (Å²) >= 11 is 0. The summed E-state index contributed by atoms with van der Waals surface area (Å²) in [4.78, 5) is 23.8. The molecule has 1 amide bonds. The molecule has 1 aliphatic rings. The Balaban J connectivity index is 1.51. The molecule has 0 radical (unpaired) electrons. The number of piperidine rings is 1. The van der Waals surface area contributed by atoms with Crippen molar-refractivity contribution in [3.63, 3.8) is 0 Å². The summed E-state index contributed by atoms with van der Waals surface area (Å²) in [7, 11) is 0. The minimum absolute atomic E-state index is 0.184. The van der Waals surface area contributed by atoms with Crippen LogP contribution in [0.3, 0.4) is 0 Å². The lowest BCUT2D eigenvalue weighted by Gasteiger charge is -2.36. The molecule has 29 heavy (non-hydrogen) atoms. The van der Waals surface area contributed by atoms with Crippen molar-refractivity contribution >= 4 is 16.8 Å². The first kappa shape index (κ1) is 19.1. The fraction of sp³-hybridized carbons (Fsp3) is 0.333. The number of amides is 1. The van der Waals surface area contributed by atoms with Crippen molar-refractivity contribution in [3.8, 4) is 6.07 Å². The summed E-state index contributed by atoms with van der Waals surface area (Å²) in [5.74, 6) is 0.793. The second kappa shape index (κ2) is 8.40. The van der Waals surface area contributed by atoms with Gasteiger partial charge in [-0.2, -0.15) is 5.26 Å². The quantitative estimate of drug-likeness (QED) is 0.679. The van der Waals surface area contributed by atoms with Crippen molar-refractivity contribution in [2.75, 3.05) is 13.1 Å². The second-order valence-corrected chi connectivity index (χ2v) is 7.92. The van der Waals surface area contributed by atoms with Gasteiger partial charge in [-0.1, -0.05) is 31.2 Å². The van der Waals surface area contributed by atoms with Gasteiger partial charge in [-0.25, -0.2) is 0 Å². The van der Waals surface area contributed by atoms with E-state index in [0.717, 1.165) is 35.1 Å². The summed E-state index contributed by atoms with van der Waals surface area (Å²) in [5.41, 5.74) is 3.40. The molecule has 146 valence electrons. The number of pyridine rings is 2. The maximum atomic E-state index is 12.8. The Kier molecular flexibility index (Phi) is 5.53. The van der Waals surface area contributed by atoms with E-state index in [1.54, 1.807) is 12.3 Å². The number of carbonyl (C=O) groups excluding carboxylic acids is 1. The molecule has 2 aromatic heterocycles. The zero-order valence-electron chi connectivity index (χ0n) is 16.6. The van der Waals surface area contributed by atoms with Gasteiger partial charge in [-0.05, 0) is 42.5 Å². The summed E-state index contributed by atoms with van der Waals surface area (Å²) in [5, 5.41) is 10.4. The third kappa shape index (κ3) is 4.27. The van der Waals surface area contributed by atoms with E-state index in [1.165, 1.54) is 0 Å². The van der Waals surface area contributed by atoms with Gasteiger partial charge in [-0.3, -0.25) is 14.8 Å².